The van der Waals surface area contributed by atoms with E-state index in [0.29, 0.717) is 5.70 Å². The average Bonchev–Trinajstić information content (AvgIpc) is 3.46. The second kappa shape index (κ2) is 4.77. The lowest BCUT2D eigenvalue weighted by Gasteiger charge is -2.15. The summed E-state index contributed by atoms with van der Waals surface area (Å²) in [5.74, 6) is -0.0630. The normalized spacial score (nSPS) is 22.0. The Balaban J connectivity index is 1.83. The van der Waals surface area contributed by atoms with E-state index in [1.165, 1.54) is 0 Å². The molecular weight excluding hydrogens is 374 g/mol. The summed E-state index contributed by atoms with van der Waals surface area (Å²) in [6.45, 7) is 4.22. The van der Waals surface area contributed by atoms with Crippen LogP contribution < -0.4 is 5.32 Å². The molecule has 2 atom stereocenters. The Hall–Kier alpha value is -3.57. The average molecular weight is 391 g/mol. The smallest absolute Gasteiger partial charge is 0.257 e. The molecule has 3 aliphatic heterocycles. The molecule has 8 rings (SSSR count). The van der Waals surface area contributed by atoms with Crippen molar-refractivity contribution < 1.29 is 9.53 Å². The fourth-order valence-corrected chi connectivity index (χ4v) is 6.12. The molecule has 0 spiro atoms. The second-order valence-electron chi connectivity index (χ2n) is 8.53. The standard InChI is InChI=1S/C25H17N3O2/c1-12-19-20-13-6-2-4-8-15(13)27-17-10-11-18(30-17)28-16-9-5-3-7-14(16)21(24(28)23(20)27)22(19)25(29)26-12/h2-9,17-18H,1,10-11H2,(H,26,29). The molecule has 1 fully saturated rings. The zero-order valence-electron chi connectivity index (χ0n) is 16.1. The van der Waals surface area contributed by atoms with Crippen LogP contribution in [0.25, 0.3) is 49.3 Å². The number of hydrogen-bond acceptors (Lipinski definition) is 2. The number of para-hydroxylation sites is 2. The SMILES string of the molecule is C=C1NC(=O)c2c1c1c3ccccc3n3c1c1c2c2ccccc2n1C1CCC3O1. The Labute approximate surface area is 171 Å². The topological polar surface area (TPSA) is 48.2 Å². The number of amides is 1. The van der Waals surface area contributed by atoms with E-state index in [-0.39, 0.29) is 18.4 Å². The Kier molecular flexibility index (Phi) is 2.43. The van der Waals surface area contributed by atoms with Crippen LogP contribution in [-0.4, -0.2) is 15.0 Å². The molecule has 1 N–H and O–H groups in total. The van der Waals surface area contributed by atoms with Crippen LogP contribution in [0.5, 0.6) is 0 Å². The molecule has 5 aromatic rings. The van der Waals surface area contributed by atoms with Gasteiger partial charge in [0, 0.05) is 32.8 Å². The van der Waals surface area contributed by atoms with E-state index >= 15 is 0 Å². The number of carbonyl (C=O) groups excluding carboxylic acids is 1. The van der Waals surface area contributed by atoms with Crippen molar-refractivity contribution in [1.29, 1.82) is 0 Å². The third-order valence-corrected chi connectivity index (χ3v) is 7.14. The van der Waals surface area contributed by atoms with Gasteiger partial charge in [-0.2, -0.15) is 0 Å². The molecule has 0 saturated carbocycles. The van der Waals surface area contributed by atoms with Crippen molar-refractivity contribution in [1.82, 2.24) is 14.5 Å². The number of benzene rings is 3. The van der Waals surface area contributed by atoms with Crippen molar-refractivity contribution in [2.24, 2.45) is 0 Å². The van der Waals surface area contributed by atoms with E-state index in [9.17, 15) is 4.79 Å². The predicted octanol–water partition coefficient (Wildman–Crippen LogP) is 5.44. The van der Waals surface area contributed by atoms with E-state index in [4.69, 9.17) is 4.74 Å². The molecule has 5 heterocycles. The van der Waals surface area contributed by atoms with Gasteiger partial charge in [0.2, 0.25) is 0 Å². The number of aromatic nitrogens is 2. The van der Waals surface area contributed by atoms with Crippen molar-refractivity contribution in [2.45, 2.75) is 25.3 Å². The van der Waals surface area contributed by atoms with Gasteiger partial charge < -0.3 is 19.2 Å². The van der Waals surface area contributed by atoms with Crippen molar-refractivity contribution in [2.75, 3.05) is 0 Å². The van der Waals surface area contributed by atoms with E-state index < -0.39 is 0 Å². The van der Waals surface area contributed by atoms with Gasteiger partial charge in [-0.15, -0.1) is 0 Å². The summed E-state index contributed by atoms with van der Waals surface area (Å²) in [5, 5.41) is 7.38. The lowest BCUT2D eigenvalue weighted by atomic mass is 9.96. The lowest BCUT2D eigenvalue weighted by Crippen LogP contribution is -2.11. The molecule has 0 aliphatic carbocycles. The molecule has 30 heavy (non-hydrogen) atoms. The first-order valence-electron chi connectivity index (χ1n) is 10.4. The van der Waals surface area contributed by atoms with Gasteiger partial charge in [-0.1, -0.05) is 43.0 Å². The molecule has 2 unspecified atom stereocenters. The first kappa shape index (κ1) is 15.3. The molecule has 1 amide bonds. The van der Waals surface area contributed by atoms with Crippen molar-refractivity contribution in [3.05, 3.63) is 66.2 Å². The summed E-state index contributed by atoms with van der Waals surface area (Å²) in [6.07, 6.45) is 1.91. The summed E-state index contributed by atoms with van der Waals surface area (Å²) in [5.41, 5.74) is 6.92. The number of ether oxygens (including phenoxy) is 1. The Bertz CT molecular complexity index is 1530. The van der Waals surface area contributed by atoms with Gasteiger partial charge in [0.15, 0.2) is 0 Å². The van der Waals surface area contributed by atoms with Gasteiger partial charge in [0.25, 0.3) is 5.91 Å². The zero-order valence-corrected chi connectivity index (χ0v) is 16.1. The number of nitrogens with zero attached hydrogens (tertiary/aromatic N) is 2. The van der Waals surface area contributed by atoms with Gasteiger partial charge >= 0.3 is 0 Å². The van der Waals surface area contributed by atoms with E-state index in [0.717, 1.165) is 67.6 Å². The second-order valence-corrected chi connectivity index (χ2v) is 8.53. The van der Waals surface area contributed by atoms with Crippen LogP contribution in [-0.2, 0) is 4.74 Å². The zero-order chi connectivity index (χ0) is 19.7. The van der Waals surface area contributed by atoms with E-state index in [1.807, 2.05) is 6.07 Å². The quantitative estimate of drug-likeness (QED) is 0.382. The first-order chi connectivity index (χ1) is 14.7. The highest BCUT2D eigenvalue weighted by Gasteiger charge is 2.40. The van der Waals surface area contributed by atoms with Gasteiger partial charge in [-0.05, 0) is 25.0 Å². The molecule has 3 aliphatic rings. The summed E-state index contributed by atoms with van der Waals surface area (Å²) in [6, 6.07) is 16.8. The Morgan fingerprint density at radius 3 is 1.97 bits per heavy atom. The highest BCUT2D eigenvalue weighted by molar-refractivity contribution is 6.34. The maximum atomic E-state index is 13.2. The fourth-order valence-electron chi connectivity index (χ4n) is 6.12. The van der Waals surface area contributed by atoms with Crippen LogP contribution in [0.15, 0.2) is 55.1 Å². The fraction of sp³-hybridized carbons (Fsp3) is 0.160. The van der Waals surface area contributed by atoms with Crippen LogP contribution >= 0.6 is 0 Å². The van der Waals surface area contributed by atoms with Crippen LogP contribution in [0.2, 0.25) is 0 Å². The van der Waals surface area contributed by atoms with Crippen LogP contribution in [0.3, 0.4) is 0 Å². The third-order valence-electron chi connectivity index (χ3n) is 7.14. The molecule has 5 heteroatoms. The van der Waals surface area contributed by atoms with E-state index in [2.05, 4.69) is 63.5 Å². The van der Waals surface area contributed by atoms with Crippen molar-refractivity contribution in [3.8, 4) is 0 Å². The molecule has 2 aromatic heterocycles. The summed E-state index contributed by atoms with van der Waals surface area (Å²) < 4.78 is 11.3. The molecular formula is C25H17N3O2. The highest BCUT2D eigenvalue weighted by Crippen LogP contribution is 2.53. The number of nitrogens with one attached hydrogen (secondary N) is 1. The van der Waals surface area contributed by atoms with Crippen molar-refractivity contribution in [3.63, 3.8) is 0 Å². The van der Waals surface area contributed by atoms with Gasteiger partial charge in [-0.25, -0.2) is 0 Å². The molecule has 0 radical (unpaired) electrons. The molecule has 1 saturated heterocycles. The molecule has 3 aromatic carbocycles. The van der Waals surface area contributed by atoms with E-state index in [1.54, 1.807) is 0 Å². The summed E-state index contributed by atoms with van der Waals surface area (Å²) >= 11 is 0. The Morgan fingerprint density at radius 1 is 0.833 bits per heavy atom. The van der Waals surface area contributed by atoms with Gasteiger partial charge in [-0.3, -0.25) is 4.79 Å². The Morgan fingerprint density at radius 2 is 1.37 bits per heavy atom. The molecule has 5 nitrogen and oxygen atoms in total. The highest BCUT2D eigenvalue weighted by atomic mass is 16.5. The number of carbonyl (C=O) groups is 1. The third kappa shape index (κ3) is 1.47. The lowest BCUT2D eigenvalue weighted by molar-refractivity contribution is -0.0229. The van der Waals surface area contributed by atoms with Crippen molar-refractivity contribution >= 4 is 55.2 Å². The minimum absolute atomic E-state index is 0.00404. The maximum Gasteiger partial charge on any atom is 0.257 e. The monoisotopic (exact) mass is 391 g/mol. The maximum absolute atomic E-state index is 13.2. The molecule has 144 valence electrons. The summed E-state index contributed by atoms with van der Waals surface area (Å²) in [4.78, 5) is 13.2. The first-order valence-corrected chi connectivity index (χ1v) is 10.4. The van der Waals surface area contributed by atoms with Gasteiger partial charge in [0.05, 0.1) is 27.6 Å². The largest absolute Gasteiger partial charge is 0.335 e. The summed E-state index contributed by atoms with van der Waals surface area (Å²) in [7, 11) is 0. The predicted molar refractivity (Wildman–Crippen MR) is 117 cm³/mol. The minimum atomic E-state index is -0.0630. The minimum Gasteiger partial charge on any atom is -0.335 e. The number of hydrogen-bond donors (Lipinski definition) is 1. The molecule has 2 bridgehead atoms. The van der Waals surface area contributed by atoms with Crippen LogP contribution in [0.4, 0.5) is 0 Å². The number of fused-ring (bicyclic) bond motifs is 13. The van der Waals surface area contributed by atoms with Crippen LogP contribution in [0, 0.1) is 0 Å². The number of rotatable bonds is 0. The van der Waals surface area contributed by atoms with Crippen LogP contribution in [0.1, 0.15) is 41.2 Å². The van der Waals surface area contributed by atoms with Gasteiger partial charge in [0.1, 0.15) is 12.5 Å².